The maximum absolute atomic E-state index is 11.9. The molecule has 0 saturated carbocycles. The van der Waals surface area contributed by atoms with E-state index in [2.05, 4.69) is 5.32 Å². The smallest absolute Gasteiger partial charge is 0.409 e. The molecule has 0 radical (unpaired) electrons. The van der Waals surface area contributed by atoms with E-state index >= 15 is 0 Å². The Morgan fingerprint density at radius 2 is 1.77 bits per heavy atom. The Balaban J connectivity index is 1.88. The Hall–Kier alpha value is -2.87. The van der Waals surface area contributed by atoms with Crippen molar-refractivity contribution in [2.24, 2.45) is 0 Å². The molecule has 0 aliphatic carbocycles. The first kappa shape index (κ1) is 19.5. The third kappa shape index (κ3) is 6.56. The Morgan fingerprint density at radius 3 is 2.42 bits per heavy atom. The molecule has 1 heterocycles. The summed E-state index contributed by atoms with van der Waals surface area (Å²) in [5, 5.41) is 2.53. The van der Waals surface area contributed by atoms with Crippen LogP contribution in [0.4, 0.5) is 4.79 Å². The predicted octanol–water partition coefficient (Wildman–Crippen LogP) is 1.69. The number of rotatable bonds is 6. The maximum Gasteiger partial charge on any atom is 0.409 e. The summed E-state index contributed by atoms with van der Waals surface area (Å²) < 4.78 is 20.8. The lowest BCUT2D eigenvalue weighted by atomic mass is 10.1. The molecular formula is C18H21NO7. The minimum absolute atomic E-state index is 0.116. The van der Waals surface area contributed by atoms with Gasteiger partial charge in [0.15, 0.2) is 6.23 Å². The van der Waals surface area contributed by atoms with E-state index in [1.165, 1.54) is 19.9 Å². The summed E-state index contributed by atoms with van der Waals surface area (Å²) in [6, 6.07) is 9.23. The highest BCUT2D eigenvalue weighted by atomic mass is 16.6. The van der Waals surface area contributed by atoms with Gasteiger partial charge in [-0.25, -0.2) is 4.79 Å². The third-order valence-corrected chi connectivity index (χ3v) is 3.39. The number of hydrogen-bond acceptors (Lipinski definition) is 7. The number of carbonyl (C=O) groups is 3. The predicted molar refractivity (Wildman–Crippen MR) is 89.8 cm³/mol. The highest BCUT2D eigenvalue weighted by molar-refractivity contribution is 5.68. The molecule has 1 N–H and O–H groups in total. The summed E-state index contributed by atoms with van der Waals surface area (Å²) in [4.78, 5) is 34.1. The van der Waals surface area contributed by atoms with E-state index in [9.17, 15) is 14.4 Å². The van der Waals surface area contributed by atoms with E-state index in [0.717, 1.165) is 5.56 Å². The molecule has 1 aliphatic heterocycles. The summed E-state index contributed by atoms with van der Waals surface area (Å²) in [5.41, 5.74) is 0.852. The lowest BCUT2D eigenvalue weighted by Gasteiger charge is -2.31. The summed E-state index contributed by atoms with van der Waals surface area (Å²) in [6.07, 6.45) is 0.173. The lowest BCUT2D eigenvalue weighted by Crippen LogP contribution is -2.47. The first-order valence-electron chi connectivity index (χ1n) is 8.05. The fraction of sp³-hybridized carbons (Fsp3) is 0.389. The zero-order valence-electron chi connectivity index (χ0n) is 14.5. The molecule has 1 unspecified atom stereocenters. The summed E-state index contributed by atoms with van der Waals surface area (Å²) in [5.74, 6) is -0.985. The van der Waals surface area contributed by atoms with Gasteiger partial charge in [0.2, 0.25) is 0 Å². The van der Waals surface area contributed by atoms with Crippen LogP contribution in [0.5, 0.6) is 0 Å². The van der Waals surface area contributed by atoms with Gasteiger partial charge in [-0.1, -0.05) is 30.3 Å². The molecule has 1 aromatic carbocycles. The number of ether oxygens (including phenoxy) is 4. The largest absolute Gasteiger partial charge is 0.463 e. The molecule has 0 spiro atoms. The van der Waals surface area contributed by atoms with Gasteiger partial charge in [-0.15, -0.1) is 0 Å². The van der Waals surface area contributed by atoms with Gasteiger partial charge in [0.25, 0.3) is 0 Å². The van der Waals surface area contributed by atoms with Crippen molar-refractivity contribution >= 4 is 18.0 Å². The van der Waals surface area contributed by atoms with Gasteiger partial charge in [-0.05, 0) is 17.7 Å². The van der Waals surface area contributed by atoms with Gasteiger partial charge >= 0.3 is 18.0 Å². The van der Waals surface area contributed by atoms with Crippen LogP contribution < -0.4 is 5.32 Å². The van der Waals surface area contributed by atoms with Crippen LogP contribution in [0.25, 0.3) is 0 Å². The molecule has 1 amide bonds. The minimum Gasteiger partial charge on any atom is -0.463 e. The number of benzene rings is 1. The number of esters is 2. The molecule has 1 aromatic rings. The Morgan fingerprint density at radius 1 is 1.04 bits per heavy atom. The lowest BCUT2D eigenvalue weighted by molar-refractivity contribution is -0.164. The first-order valence-corrected chi connectivity index (χ1v) is 8.05. The number of carbonyl (C=O) groups excluding carboxylic acids is 3. The Kier molecular flexibility index (Phi) is 7.16. The SMILES string of the molecule is CC(=O)OC[C@H]1OC(NC(=O)OCc2ccccc2)C=C[C@@H]1OC(C)=O. The highest BCUT2D eigenvalue weighted by Crippen LogP contribution is 2.16. The molecular weight excluding hydrogens is 342 g/mol. The van der Waals surface area contributed by atoms with Crippen LogP contribution in [0, 0.1) is 0 Å². The van der Waals surface area contributed by atoms with E-state index in [0.29, 0.717) is 0 Å². The van der Waals surface area contributed by atoms with Gasteiger partial charge in [0.1, 0.15) is 25.4 Å². The zero-order valence-corrected chi connectivity index (χ0v) is 14.5. The number of nitrogens with one attached hydrogen (secondary N) is 1. The molecule has 1 aliphatic rings. The second-order valence-corrected chi connectivity index (χ2v) is 5.56. The van der Waals surface area contributed by atoms with Crippen LogP contribution in [-0.4, -0.2) is 43.1 Å². The van der Waals surface area contributed by atoms with Gasteiger partial charge in [0.05, 0.1) is 0 Å². The molecule has 0 bridgehead atoms. The van der Waals surface area contributed by atoms with Gasteiger partial charge in [-0.2, -0.15) is 0 Å². The fourth-order valence-corrected chi connectivity index (χ4v) is 2.25. The van der Waals surface area contributed by atoms with Crippen LogP contribution >= 0.6 is 0 Å². The molecule has 0 saturated heterocycles. The summed E-state index contributed by atoms with van der Waals surface area (Å²) in [6.45, 7) is 2.53. The van der Waals surface area contributed by atoms with Crippen molar-refractivity contribution in [1.29, 1.82) is 0 Å². The van der Waals surface area contributed by atoms with Crippen molar-refractivity contribution in [1.82, 2.24) is 5.32 Å². The molecule has 0 fully saturated rings. The van der Waals surface area contributed by atoms with E-state index < -0.39 is 36.5 Å². The number of alkyl carbamates (subject to hydrolysis) is 1. The van der Waals surface area contributed by atoms with E-state index in [1.807, 2.05) is 30.3 Å². The standard InChI is InChI=1S/C18H21NO7/c1-12(20)23-11-16-15(25-13(2)21)8-9-17(26-16)19-18(22)24-10-14-6-4-3-5-7-14/h3-9,15-17H,10-11H2,1-2H3,(H,19,22)/t15-,16+,17?/m0/s1. The molecule has 140 valence electrons. The van der Waals surface area contributed by atoms with Crippen LogP contribution in [0.2, 0.25) is 0 Å². The summed E-state index contributed by atoms with van der Waals surface area (Å²) >= 11 is 0. The topological polar surface area (TPSA) is 100 Å². The molecule has 26 heavy (non-hydrogen) atoms. The van der Waals surface area contributed by atoms with E-state index in [1.54, 1.807) is 6.08 Å². The second-order valence-electron chi connectivity index (χ2n) is 5.56. The van der Waals surface area contributed by atoms with Crippen LogP contribution in [0.1, 0.15) is 19.4 Å². The average molecular weight is 363 g/mol. The number of amides is 1. The molecule has 3 atom stereocenters. The van der Waals surface area contributed by atoms with Crippen molar-refractivity contribution in [3.8, 4) is 0 Å². The first-order chi connectivity index (χ1) is 12.4. The molecule has 8 nitrogen and oxygen atoms in total. The monoisotopic (exact) mass is 363 g/mol. The maximum atomic E-state index is 11.9. The van der Waals surface area contributed by atoms with Gasteiger partial charge < -0.3 is 18.9 Å². The van der Waals surface area contributed by atoms with Crippen molar-refractivity contribution < 1.29 is 33.3 Å². The molecule has 2 rings (SSSR count). The van der Waals surface area contributed by atoms with Gasteiger partial charge in [-0.3, -0.25) is 14.9 Å². The quantitative estimate of drug-likeness (QED) is 0.466. The van der Waals surface area contributed by atoms with Crippen molar-refractivity contribution in [2.75, 3.05) is 6.61 Å². The molecule has 8 heteroatoms. The van der Waals surface area contributed by atoms with E-state index in [4.69, 9.17) is 18.9 Å². The van der Waals surface area contributed by atoms with Crippen molar-refractivity contribution in [3.63, 3.8) is 0 Å². The summed E-state index contributed by atoms with van der Waals surface area (Å²) in [7, 11) is 0. The number of hydrogen-bond donors (Lipinski definition) is 1. The van der Waals surface area contributed by atoms with Crippen LogP contribution in [0.15, 0.2) is 42.5 Å². The van der Waals surface area contributed by atoms with Crippen LogP contribution in [0.3, 0.4) is 0 Å². The normalized spacial score (nSPS) is 21.5. The molecule has 0 aromatic heterocycles. The fourth-order valence-electron chi connectivity index (χ4n) is 2.25. The van der Waals surface area contributed by atoms with Crippen molar-refractivity contribution in [2.45, 2.75) is 38.9 Å². The highest BCUT2D eigenvalue weighted by Gasteiger charge is 2.31. The van der Waals surface area contributed by atoms with Crippen LogP contribution in [-0.2, 0) is 35.1 Å². The Labute approximate surface area is 151 Å². The zero-order chi connectivity index (χ0) is 18.9. The minimum atomic E-state index is -0.800. The van der Waals surface area contributed by atoms with E-state index in [-0.39, 0.29) is 13.2 Å². The second kappa shape index (κ2) is 9.57. The Bertz CT molecular complexity index is 659. The van der Waals surface area contributed by atoms with Crippen molar-refractivity contribution in [3.05, 3.63) is 48.0 Å². The average Bonchev–Trinajstić information content (AvgIpc) is 2.60. The van der Waals surface area contributed by atoms with Gasteiger partial charge in [0, 0.05) is 13.8 Å². The third-order valence-electron chi connectivity index (χ3n) is 3.39.